The van der Waals surface area contributed by atoms with Crippen LogP contribution in [0.15, 0.2) is 42.2 Å². The standard InChI is InChI=1S/C14H14BrNO2/c15-9-10-3-5-11(6-4-10)12-2-1-7-18-13(8-12)14(16)17/h2-6,8H,1,7,9H2,(H2,16,17). The van der Waals surface area contributed by atoms with E-state index in [9.17, 15) is 4.79 Å². The van der Waals surface area contributed by atoms with E-state index in [2.05, 4.69) is 34.1 Å². The van der Waals surface area contributed by atoms with Crippen LogP contribution < -0.4 is 5.73 Å². The second-order valence-corrected chi connectivity index (χ2v) is 4.56. The van der Waals surface area contributed by atoms with Gasteiger partial charge in [0.05, 0.1) is 6.61 Å². The molecule has 1 aliphatic heterocycles. The van der Waals surface area contributed by atoms with Crippen LogP contribution >= 0.6 is 15.9 Å². The Morgan fingerprint density at radius 2 is 2.06 bits per heavy atom. The molecule has 1 heterocycles. The topological polar surface area (TPSA) is 52.3 Å². The average Bonchev–Trinajstić information content (AvgIpc) is 2.65. The van der Waals surface area contributed by atoms with Gasteiger partial charge in [-0.2, -0.15) is 0 Å². The summed E-state index contributed by atoms with van der Waals surface area (Å²) in [5.74, 6) is -0.303. The number of primary amides is 1. The van der Waals surface area contributed by atoms with E-state index in [4.69, 9.17) is 10.5 Å². The fourth-order valence-electron chi connectivity index (χ4n) is 1.75. The number of rotatable bonds is 3. The molecule has 0 spiro atoms. The summed E-state index contributed by atoms with van der Waals surface area (Å²) in [6.45, 7) is 0.484. The molecule has 0 saturated heterocycles. The highest BCUT2D eigenvalue weighted by Crippen LogP contribution is 2.22. The smallest absolute Gasteiger partial charge is 0.283 e. The Kier molecular flexibility index (Phi) is 4.20. The summed E-state index contributed by atoms with van der Waals surface area (Å²) in [6, 6.07) is 8.16. The normalized spacial score (nSPS) is 15.2. The van der Waals surface area contributed by atoms with Crippen LogP contribution in [0.2, 0.25) is 0 Å². The Hall–Kier alpha value is -1.55. The summed E-state index contributed by atoms with van der Waals surface area (Å²) in [6.07, 6.45) is 4.53. The highest BCUT2D eigenvalue weighted by atomic mass is 79.9. The van der Waals surface area contributed by atoms with Crippen molar-refractivity contribution >= 4 is 27.4 Å². The predicted octanol–water partition coefficient (Wildman–Crippen LogP) is 2.75. The lowest BCUT2D eigenvalue weighted by atomic mass is 10.0. The van der Waals surface area contributed by atoms with Gasteiger partial charge in [-0.05, 0) is 22.8 Å². The van der Waals surface area contributed by atoms with Gasteiger partial charge >= 0.3 is 0 Å². The molecule has 4 heteroatoms. The third-order valence-electron chi connectivity index (χ3n) is 2.71. The second kappa shape index (κ2) is 5.87. The third-order valence-corrected chi connectivity index (χ3v) is 3.36. The maximum atomic E-state index is 11.2. The molecule has 1 aromatic rings. The lowest BCUT2D eigenvalue weighted by Gasteiger charge is -2.05. The molecule has 1 aromatic carbocycles. The summed E-state index contributed by atoms with van der Waals surface area (Å²) in [5.41, 5.74) is 8.50. The monoisotopic (exact) mass is 307 g/mol. The van der Waals surface area contributed by atoms with Gasteiger partial charge in [-0.25, -0.2) is 0 Å². The van der Waals surface area contributed by atoms with Crippen LogP contribution in [-0.2, 0) is 14.9 Å². The van der Waals surface area contributed by atoms with Crippen LogP contribution in [0.4, 0.5) is 0 Å². The number of carbonyl (C=O) groups excluding carboxylic acids is 1. The van der Waals surface area contributed by atoms with Crippen LogP contribution in [0, 0.1) is 0 Å². The Bertz CT molecular complexity index is 503. The van der Waals surface area contributed by atoms with Gasteiger partial charge in [0, 0.05) is 11.8 Å². The van der Waals surface area contributed by atoms with Crippen LogP contribution in [0.25, 0.3) is 5.57 Å². The Balaban J connectivity index is 2.31. The van der Waals surface area contributed by atoms with Crippen molar-refractivity contribution < 1.29 is 9.53 Å². The molecule has 0 bridgehead atoms. The maximum absolute atomic E-state index is 11.2. The number of amides is 1. The van der Waals surface area contributed by atoms with E-state index >= 15 is 0 Å². The van der Waals surface area contributed by atoms with Crippen LogP contribution in [-0.4, -0.2) is 12.5 Å². The molecule has 2 N–H and O–H groups in total. The molecular weight excluding hydrogens is 294 g/mol. The van der Waals surface area contributed by atoms with Crippen molar-refractivity contribution in [3.8, 4) is 0 Å². The lowest BCUT2D eigenvalue weighted by Crippen LogP contribution is -2.16. The number of nitrogens with two attached hydrogens (primary N) is 1. The maximum Gasteiger partial charge on any atom is 0.283 e. The van der Waals surface area contributed by atoms with Crippen molar-refractivity contribution in [2.24, 2.45) is 5.73 Å². The molecule has 0 radical (unpaired) electrons. The number of benzene rings is 1. The van der Waals surface area contributed by atoms with Crippen LogP contribution in [0.1, 0.15) is 17.5 Å². The van der Waals surface area contributed by atoms with E-state index < -0.39 is 5.91 Å². The van der Waals surface area contributed by atoms with Crippen molar-refractivity contribution in [1.82, 2.24) is 0 Å². The minimum atomic E-state index is -0.528. The van der Waals surface area contributed by atoms with E-state index in [-0.39, 0.29) is 5.76 Å². The summed E-state index contributed by atoms with van der Waals surface area (Å²) >= 11 is 3.41. The van der Waals surface area contributed by atoms with Crippen molar-refractivity contribution in [3.63, 3.8) is 0 Å². The number of allylic oxidation sites excluding steroid dienone is 2. The highest BCUT2D eigenvalue weighted by molar-refractivity contribution is 9.08. The Labute approximate surface area is 114 Å². The summed E-state index contributed by atoms with van der Waals surface area (Å²) in [7, 11) is 0. The van der Waals surface area contributed by atoms with Crippen molar-refractivity contribution in [1.29, 1.82) is 0 Å². The summed E-state index contributed by atoms with van der Waals surface area (Å²) in [4.78, 5) is 11.2. The number of halogens is 1. The van der Waals surface area contributed by atoms with Gasteiger partial charge in [0.2, 0.25) is 0 Å². The van der Waals surface area contributed by atoms with E-state index in [1.165, 1.54) is 5.56 Å². The minimum absolute atomic E-state index is 0.225. The van der Waals surface area contributed by atoms with E-state index in [0.29, 0.717) is 6.61 Å². The van der Waals surface area contributed by atoms with Gasteiger partial charge in [0.25, 0.3) is 5.91 Å². The molecule has 0 fully saturated rings. The number of hydrogen-bond acceptors (Lipinski definition) is 2. The SMILES string of the molecule is NC(=O)C1=CC(c2ccc(CBr)cc2)=CCCO1. The lowest BCUT2D eigenvalue weighted by molar-refractivity contribution is -0.117. The number of hydrogen-bond donors (Lipinski definition) is 1. The van der Waals surface area contributed by atoms with Gasteiger partial charge < -0.3 is 10.5 Å². The van der Waals surface area contributed by atoms with Crippen molar-refractivity contribution in [2.75, 3.05) is 6.61 Å². The molecule has 0 aromatic heterocycles. The third kappa shape index (κ3) is 3.01. The van der Waals surface area contributed by atoms with Crippen LogP contribution in [0.5, 0.6) is 0 Å². The first-order chi connectivity index (χ1) is 8.70. The number of alkyl halides is 1. The molecule has 3 nitrogen and oxygen atoms in total. The van der Waals surface area contributed by atoms with Gasteiger partial charge in [-0.1, -0.05) is 46.3 Å². The second-order valence-electron chi connectivity index (χ2n) is 4.00. The van der Waals surface area contributed by atoms with E-state index in [1.54, 1.807) is 6.08 Å². The molecule has 0 aliphatic carbocycles. The Morgan fingerprint density at radius 1 is 1.33 bits per heavy atom. The highest BCUT2D eigenvalue weighted by Gasteiger charge is 2.11. The molecular formula is C14H14BrNO2. The van der Waals surface area contributed by atoms with Gasteiger partial charge in [-0.15, -0.1) is 0 Å². The fourth-order valence-corrected chi connectivity index (χ4v) is 2.13. The fraction of sp³-hybridized carbons (Fsp3) is 0.214. The zero-order valence-electron chi connectivity index (χ0n) is 9.86. The van der Waals surface area contributed by atoms with Crippen molar-refractivity contribution in [3.05, 3.63) is 53.3 Å². The Morgan fingerprint density at radius 3 is 2.67 bits per heavy atom. The quantitative estimate of drug-likeness (QED) is 0.873. The predicted molar refractivity (Wildman–Crippen MR) is 74.9 cm³/mol. The van der Waals surface area contributed by atoms with Gasteiger partial charge in [-0.3, -0.25) is 4.79 Å². The van der Waals surface area contributed by atoms with Crippen LogP contribution in [0.3, 0.4) is 0 Å². The van der Waals surface area contributed by atoms with Gasteiger partial charge in [0.1, 0.15) is 0 Å². The summed E-state index contributed by atoms with van der Waals surface area (Å²) < 4.78 is 5.29. The van der Waals surface area contributed by atoms with E-state index in [1.807, 2.05) is 12.1 Å². The molecule has 18 heavy (non-hydrogen) atoms. The van der Waals surface area contributed by atoms with Gasteiger partial charge in [0.15, 0.2) is 5.76 Å². The zero-order chi connectivity index (χ0) is 13.0. The summed E-state index contributed by atoms with van der Waals surface area (Å²) in [5, 5.41) is 0.831. The molecule has 2 rings (SSSR count). The number of carbonyl (C=O) groups is 1. The minimum Gasteiger partial charge on any atom is -0.488 e. The molecule has 1 aliphatic rings. The number of ether oxygens (including phenoxy) is 1. The average molecular weight is 308 g/mol. The van der Waals surface area contributed by atoms with E-state index in [0.717, 1.165) is 22.9 Å². The largest absolute Gasteiger partial charge is 0.488 e. The molecule has 94 valence electrons. The molecule has 0 atom stereocenters. The molecule has 0 unspecified atom stereocenters. The molecule has 1 amide bonds. The first-order valence-electron chi connectivity index (χ1n) is 5.70. The first-order valence-corrected chi connectivity index (χ1v) is 6.82. The zero-order valence-corrected chi connectivity index (χ0v) is 11.4. The molecule has 0 saturated carbocycles. The van der Waals surface area contributed by atoms with Crippen molar-refractivity contribution in [2.45, 2.75) is 11.8 Å². The first kappa shape index (κ1) is 12.9.